The summed E-state index contributed by atoms with van der Waals surface area (Å²) in [6, 6.07) is 3.12. The quantitative estimate of drug-likeness (QED) is 0.470. The summed E-state index contributed by atoms with van der Waals surface area (Å²) in [6.07, 6.45) is -4.54. The summed E-state index contributed by atoms with van der Waals surface area (Å²) in [6.45, 7) is 8.85. The fraction of sp³-hybridized carbons (Fsp3) is 0.450. The fourth-order valence-corrected chi connectivity index (χ4v) is 4.27. The van der Waals surface area contributed by atoms with Crippen molar-refractivity contribution in [1.82, 2.24) is 4.98 Å². The number of benzene rings is 1. The molecule has 1 aromatic carbocycles. The number of aromatic nitrogens is 1. The Labute approximate surface area is 187 Å². The predicted molar refractivity (Wildman–Crippen MR) is 114 cm³/mol. The van der Waals surface area contributed by atoms with Crippen LogP contribution in [0.2, 0.25) is 10.0 Å². The normalized spacial score (nSPS) is 12.2. The van der Waals surface area contributed by atoms with Crippen LogP contribution < -0.4 is 4.90 Å². The van der Waals surface area contributed by atoms with Crippen molar-refractivity contribution in [2.75, 3.05) is 4.90 Å². The van der Waals surface area contributed by atoms with E-state index in [2.05, 4.69) is 4.98 Å². The van der Waals surface area contributed by atoms with Crippen LogP contribution in [0.3, 0.4) is 0 Å². The van der Waals surface area contributed by atoms with Gasteiger partial charge in [0, 0.05) is 6.42 Å². The number of carbonyl (C=O) groups excluding carboxylic acids is 2. The minimum absolute atomic E-state index is 0.0000222. The highest BCUT2D eigenvalue weighted by atomic mass is 35.5. The van der Waals surface area contributed by atoms with Crippen LogP contribution in [-0.4, -0.2) is 16.8 Å². The van der Waals surface area contributed by atoms with Crippen LogP contribution in [0.25, 0.3) is 0 Å². The zero-order valence-corrected chi connectivity index (χ0v) is 19.4. The van der Waals surface area contributed by atoms with Crippen molar-refractivity contribution in [1.29, 1.82) is 0 Å². The van der Waals surface area contributed by atoms with Crippen molar-refractivity contribution < 1.29 is 22.8 Å². The number of thiazole rings is 1. The van der Waals surface area contributed by atoms with E-state index in [-0.39, 0.29) is 32.6 Å². The lowest BCUT2D eigenvalue weighted by atomic mass is 9.87. The first kappa shape index (κ1) is 24.6. The molecule has 0 unspecified atom stereocenters. The van der Waals surface area contributed by atoms with Crippen LogP contribution in [0, 0.1) is 6.92 Å². The zero-order valence-electron chi connectivity index (χ0n) is 17.1. The lowest BCUT2D eigenvalue weighted by Crippen LogP contribution is -2.38. The van der Waals surface area contributed by atoms with E-state index in [4.69, 9.17) is 23.2 Å². The maximum Gasteiger partial charge on any atom is 0.435 e. The first-order valence-corrected chi connectivity index (χ1v) is 10.7. The molecule has 0 N–H and O–H groups in total. The average Bonchev–Trinajstić information content (AvgIpc) is 2.99. The molecule has 1 heterocycles. The number of carbonyl (C=O) groups is 2. The summed E-state index contributed by atoms with van der Waals surface area (Å²) in [5.74, 6) is -1.85. The molecular formula is C20H21Cl2F3N2O2S. The third-order valence-electron chi connectivity index (χ3n) is 4.22. The molecule has 0 aliphatic heterocycles. The van der Waals surface area contributed by atoms with Crippen LogP contribution >= 0.6 is 34.5 Å². The molecule has 0 aliphatic rings. The monoisotopic (exact) mass is 480 g/mol. The number of imide groups is 1. The number of rotatable bonds is 4. The van der Waals surface area contributed by atoms with Crippen molar-refractivity contribution in [3.05, 3.63) is 43.3 Å². The molecule has 164 valence electrons. The van der Waals surface area contributed by atoms with E-state index >= 15 is 0 Å². The molecule has 0 fully saturated rings. The SMILES string of the molecule is CCCC(=O)N(C(=O)c1sc(C)nc1C(F)(F)F)c1c(Cl)cc(C(C)(C)C)cc1Cl. The van der Waals surface area contributed by atoms with Gasteiger partial charge in [-0.25, -0.2) is 9.88 Å². The Bertz CT molecular complexity index is 958. The van der Waals surface area contributed by atoms with Crippen molar-refractivity contribution in [2.45, 2.75) is 59.1 Å². The summed E-state index contributed by atoms with van der Waals surface area (Å²) < 4.78 is 40.2. The molecule has 0 bridgehead atoms. The van der Waals surface area contributed by atoms with Gasteiger partial charge in [0.25, 0.3) is 5.91 Å². The summed E-state index contributed by atoms with van der Waals surface area (Å²) in [5, 5.41) is 0.0499. The Kier molecular flexibility index (Phi) is 7.26. The van der Waals surface area contributed by atoms with E-state index in [1.54, 1.807) is 19.1 Å². The Morgan fingerprint density at radius 1 is 1.13 bits per heavy atom. The van der Waals surface area contributed by atoms with E-state index in [9.17, 15) is 22.8 Å². The molecule has 2 aromatic rings. The molecule has 0 aliphatic carbocycles. The maximum atomic E-state index is 13.4. The summed E-state index contributed by atoms with van der Waals surface area (Å²) in [7, 11) is 0. The van der Waals surface area contributed by atoms with Crippen LogP contribution in [0.15, 0.2) is 12.1 Å². The Balaban J connectivity index is 2.71. The van der Waals surface area contributed by atoms with Gasteiger partial charge in [-0.15, -0.1) is 11.3 Å². The van der Waals surface area contributed by atoms with E-state index in [0.717, 1.165) is 5.56 Å². The van der Waals surface area contributed by atoms with Crippen molar-refractivity contribution in [3.8, 4) is 0 Å². The number of aryl methyl sites for hydroxylation is 1. The zero-order chi connectivity index (χ0) is 23.0. The van der Waals surface area contributed by atoms with Gasteiger partial charge in [0.05, 0.1) is 20.7 Å². The number of hydrogen-bond acceptors (Lipinski definition) is 4. The van der Waals surface area contributed by atoms with E-state index in [1.807, 2.05) is 20.8 Å². The molecule has 0 spiro atoms. The number of hydrogen-bond donors (Lipinski definition) is 0. The smallest absolute Gasteiger partial charge is 0.274 e. The van der Waals surface area contributed by atoms with Gasteiger partial charge in [-0.1, -0.05) is 50.9 Å². The third-order valence-corrected chi connectivity index (χ3v) is 5.75. The fourth-order valence-electron chi connectivity index (χ4n) is 2.74. The maximum absolute atomic E-state index is 13.4. The van der Waals surface area contributed by atoms with Crippen LogP contribution in [-0.2, 0) is 16.4 Å². The number of anilines is 1. The topological polar surface area (TPSA) is 50.3 Å². The van der Waals surface area contributed by atoms with Crippen LogP contribution in [0.4, 0.5) is 18.9 Å². The van der Waals surface area contributed by atoms with Gasteiger partial charge in [0.15, 0.2) is 5.69 Å². The minimum atomic E-state index is -4.85. The second kappa shape index (κ2) is 8.85. The number of nitrogens with zero attached hydrogens (tertiary/aromatic N) is 2. The Hall–Kier alpha value is -1.64. The van der Waals surface area contributed by atoms with E-state index < -0.39 is 28.6 Å². The molecule has 0 radical (unpaired) electrons. The number of alkyl halides is 3. The van der Waals surface area contributed by atoms with Gasteiger partial charge in [0.1, 0.15) is 4.88 Å². The molecule has 10 heteroatoms. The molecular weight excluding hydrogens is 460 g/mol. The first-order chi connectivity index (χ1) is 13.7. The molecule has 0 atom stereocenters. The van der Waals surface area contributed by atoms with Gasteiger partial charge in [-0.2, -0.15) is 13.2 Å². The molecule has 2 amide bonds. The van der Waals surface area contributed by atoms with Gasteiger partial charge in [-0.3, -0.25) is 9.59 Å². The Morgan fingerprint density at radius 3 is 2.10 bits per heavy atom. The minimum Gasteiger partial charge on any atom is -0.274 e. The molecule has 4 nitrogen and oxygen atoms in total. The highest BCUT2D eigenvalue weighted by molar-refractivity contribution is 7.14. The highest BCUT2D eigenvalue weighted by Gasteiger charge is 2.42. The average molecular weight is 481 g/mol. The number of amides is 2. The van der Waals surface area contributed by atoms with Gasteiger partial charge in [-0.05, 0) is 36.5 Å². The summed E-state index contributed by atoms with van der Waals surface area (Å²) in [4.78, 5) is 29.4. The standard InChI is InChI=1S/C20H21Cl2F3N2O2S/c1-6-7-14(28)27(15-12(21)8-11(9-13(15)22)19(3,4)5)18(29)16-17(20(23,24)25)26-10(2)30-16/h8-9H,6-7H2,1-5H3. The van der Waals surface area contributed by atoms with E-state index in [1.165, 1.54) is 6.92 Å². The first-order valence-electron chi connectivity index (χ1n) is 9.09. The summed E-state index contributed by atoms with van der Waals surface area (Å²) >= 11 is 13.3. The second-order valence-electron chi connectivity index (χ2n) is 7.73. The molecule has 0 saturated carbocycles. The largest absolute Gasteiger partial charge is 0.435 e. The molecule has 30 heavy (non-hydrogen) atoms. The van der Waals surface area contributed by atoms with Crippen molar-refractivity contribution >= 4 is 52.0 Å². The number of halogens is 5. The second-order valence-corrected chi connectivity index (χ2v) is 9.75. The van der Waals surface area contributed by atoms with Crippen molar-refractivity contribution in [3.63, 3.8) is 0 Å². The molecule has 1 aromatic heterocycles. The lowest BCUT2D eigenvalue weighted by molar-refractivity contribution is -0.141. The molecule has 0 saturated heterocycles. The van der Waals surface area contributed by atoms with E-state index in [0.29, 0.717) is 22.7 Å². The molecule has 2 rings (SSSR count). The van der Waals surface area contributed by atoms with Gasteiger partial charge < -0.3 is 0 Å². The Morgan fingerprint density at radius 2 is 1.67 bits per heavy atom. The third kappa shape index (κ3) is 5.15. The van der Waals surface area contributed by atoms with Gasteiger partial charge in [0.2, 0.25) is 5.91 Å². The van der Waals surface area contributed by atoms with Crippen LogP contribution in [0.5, 0.6) is 0 Å². The summed E-state index contributed by atoms with van der Waals surface area (Å²) in [5.41, 5.74) is -1.04. The van der Waals surface area contributed by atoms with Crippen molar-refractivity contribution in [2.24, 2.45) is 0 Å². The predicted octanol–water partition coefficient (Wildman–Crippen LogP) is 7.05. The van der Waals surface area contributed by atoms with Gasteiger partial charge >= 0.3 is 6.18 Å². The highest BCUT2D eigenvalue weighted by Crippen LogP contribution is 2.41. The van der Waals surface area contributed by atoms with Crippen LogP contribution in [0.1, 0.15) is 66.5 Å². The lowest BCUT2D eigenvalue weighted by Gasteiger charge is -2.26.